The van der Waals surface area contributed by atoms with E-state index in [1.807, 2.05) is 0 Å². The lowest BCUT2D eigenvalue weighted by atomic mass is 10.0. The van der Waals surface area contributed by atoms with Crippen molar-refractivity contribution in [3.8, 4) is 5.75 Å². The number of hydrogen-bond donors (Lipinski definition) is 5. The highest BCUT2D eigenvalue weighted by molar-refractivity contribution is 6.05. The normalized spacial score (nSPS) is 12.8. The molecule has 0 saturated carbocycles. The zero-order valence-corrected chi connectivity index (χ0v) is 19.1. The van der Waals surface area contributed by atoms with Crippen LogP contribution in [0.2, 0.25) is 0 Å². The minimum atomic E-state index is -0.711. The molecule has 35 heavy (non-hydrogen) atoms. The lowest BCUT2D eigenvalue weighted by molar-refractivity contribution is -0.384. The molecule has 1 aliphatic rings. The highest BCUT2D eigenvalue weighted by Gasteiger charge is 2.18. The van der Waals surface area contributed by atoms with Gasteiger partial charge < -0.3 is 26.4 Å². The third-order valence-electron chi connectivity index (χ3n) is 5.02. The Morgan fingerprint density at radius 3 is 2.74 bits per heavy atom. The molecule has 2 amide bonds. The Hall–Kier alpha value is -4.29. The van der Waals surface area contributed by atoms with Crippen molar-refractivity contribution in [3.05, 3.63) is 81.9 Å². The Balaban J connectivity index is 1.63. The van der Waals surface area contributed by atoms with Crippen molar-refractivity contribution in [1.82, 2.24) is 16.0 Å². The van der Waals surface area contributed by atoms with E-state index in [9.17, 15) is 19.3 Å². The maximum Gasteiger partial charge on any atom is 0.326 e. The lowest BCUT2D eigenvalue weighted by Gasteiger charge is -2.18. The van der Waals surface area contributed by atoms with Crippen LogP contribution in [0, 0.1) is 15.9 Å². The van der Waals surface area contributed by atoms with Gasteiger partial charge in [-0.1, -0.05) is 18.7 Å². The van der Waals surface area contributed by atoms with Gasteiger partial charge in [0.2, 0.25) is 5.96 Å². The van der Waals surface area contributed by atoms with Gasteiger partial charge in [0.25, 0.3) is 5.69 Å². The minimum absolute atomic E-state index is 0.0712. The summed E-state index contributed by atoms with van der Waals surface area (Å²) in [6.45, 7) is 5.55. The number of methoxy groups -OCH3 is 1. The standard InChI is InChI=1S/C23H26FN7O4/c1-14-18(15-4-5-16(19(24)10-15)12-26-9-3-8-25)13-27-22(28-14)30-23(32)29-20-11-17(31(33)34)6-7-21(20)35-2/h4-7,10-11,13,26H,1,3,8-9,12,25H2,2H3,(H3,27,28,29,30,32). The number of ether oxygens (including phenoxy) is 1. The number of urea groups is 1. The van der Waals surface area contributed by atoms with E-state index < -0.39 is 11.0 Å². The van der Waals surface area contributed by atoms with Gasteiger partial charge >= 0.3 is 6.03 Å². The van der Waals surface area contributed by atoms with Crippen LogP contribution in [0.3, 0.4) is 0 Å². The third-order valence-corrected chi connectivity index (χ3v) is 5.02. The van der Waals surface area contributed by atoms with Crippen molar-refractivity contribution in [3.63, 3.8) is 0 Å². The Bertz CT molecular complexity index is 1200. The van der Waals surface area contributed by atoms with Crippen molar-refractivity contribution in [2.45, 2.75) is 13.0 Å². The summed E-state index contributed by atoms with van der Waals surface area (Å²) in [6.07, 6.45) is 2.36. The van der Waals surface area contributed by atoms with Gasteiger partial charge in [0, 0.05) is 36.0 Å². The van der Waals surface area contributed by atoms with Crippen molar-refractivity contribution >= 4 is 28.9 Å². The van der Waals surface area contributed by atoms with E-state index in [4.69, 9.17) is 10.5 Å². The van der Waals surface area contributed by atoms with Crippen LogP contribution in [0.4, 0.5) is 20.6 Å². The summed E-state index contributed by atoms with van der Waals surface area (Å²) in [7, 11) is 1.38. The van der Waals surface area contributed by atoms with E-state index in [-0.39, 0.29) is 28.9 Å². The summed E-state index contributed by atoms with van der Waals surface area (Å²) in [5.74, 6) is -0.0487. The van der Waals surface area contributed by atoms with Gasteiger partial charge in [0.15, 0.2) is 0 Å². The molecule has 184 valence electrons. The molecule has 0 spiro atoms. The van der Waals surface area contributed by atoms with Crippen molar-refractivity contribution in [2.75, 3.05) is 25.5 Å². The van der Waals surface area contributed by atoms with E-state index >= 15 is 0 Å². The van der Waals surface area contributed by atoms with Crippen molar-refractivity contribution in [1.29, 1.82) is 0 Å². The number of carbonyl (C=O) groups is 1. The molecule has 12 heteroatoms. The lowest BCUT2D eigenvalue weighted by Crippen LogP contribution is -2.42. The molecule has 2 aromatic rings. The minimum Gasteiger partial charge on any atom is -0.495 e. The van der Waals surface area contributed by atoms with Crippen LogP contribution in [-0.4, -0.2) is 37.1 Å². The number of guanidine groups is 1. The third kappa shape index (κ3) is 6.62. The number of rotatable bonds is 9. The molecule has 1 aliphatic heterocycles. The smallest absolute Gasteiger partial charge is 0.326 e. The first-order valence-corrected chi connectivity index (χ1v) is 10.7. The molecular weight excluding hydrogens is 457 g/mol. The number of allylic oxidation sites excluding steroid dienone is 1. The number of carbonyl (C=O) groups excluding carboxylic acids is 1. The SMILES string of the molecule is C=C1N=C(NC(=O)Nc2cc([N+](=O)[O-])ccc2OC)NC=C1c1ccc(CNCCCN)c(F)c1. The number of amides is 2. The Morgan fingerprint density at radius 2 is 2.09 bits per heavy atom. The molecule has 0 fully saturated rings. The number of nitro groups is 1. The molecule has 6 N–H and O–H groups in total. The average Bonchev–Trinajstić information content (AvgIpc) is 2.82. The Morgan fingerprint density at radius 1 is 1.29 bits per heavy atom. The summed E-state index contributed by atoms with van der Waals surface area (Å²) in [4.78, 5) is 27.1. The maximum atomic E-state index is 14.5. The van der Waals surface area contributed by atoms with Crippen LogP contribution in [0.15, 0.2) is 59.9 Å². The first-order valence-electron chi connectivity index (χ1n) is 10.7. The maximum absolute atomic E-state index is 14.5. The van der Waals surface area contributed by atoms with Crippen LogP contribution in [0.25, 0.3) is 5.57 Å². The summed E-state index contributed by atoms with van der Waals surface area (Å²) in [6, 6.07) is 7.95. The van der Waals surface area contributed by atoms with Gasteiger partial charge in [-0.15, -0.1) is 0 Å². The van der Waals surface area contributed by atoms with Crippen molar-refractivity contribution < 1.29 is 18.8 Å². The summed E-state index contributed by atoms with van der Waals surface area (Å²) in [5.41, 5.74) is 7.31. The monoisotopic (exact) mass is 483 g/mol. The van der Waals surface area contributed by atoms with Crippen LogP contribution < -0.4 is 31.7 Å². The second-order valence-corrected chi connectivity index (χ2v) is 7.46. The number of aliphatic imine (C=N–C) groups is 1. The first kappa shape index (κ1) is 25.3. The van der Waals surface area contributed by atoms with E-state index in [0.717, 1.165) is 6.42 Å². The molecule has 0 atom stereocenters. The predicted molar refractivity (Wildman–Crippen MR) is 131 cm³/mol. The van der Waals surface area contributed by atoms with Gasteiger partial charge in [-0.05, 0) is 37.2 Å². The van der Waals surface area contributed by atoms with Gasteiger partial charge in [-0.3, -0.25) is 15.4 Å². The fraction of sp³-hybridized carbons (Fsp3) is 0.217. The van der Waals surface area contributed by atoms with E-state index in [0.29, 0.717) is 42.0 Å². The molecular formula is C23H26FN7O4. The first-order chi connectivity index (χ1) is 16.8. The van der Waals surface area contributed by atoms with Gasteiger partial charge in [0.1, 0.15) is 11.6 Å². The summed E-state index contributed by atoms with van der Waals surface area (Å²) < 4.78 is 19.7. The van der Waals surface area contributed by atoms with Crippen LogP contribution in [0.1, 0.15) is 17.5 Å². The quantitative estimate of drug-likeness (QED) is 0.209. The molecule has 1 heterocycles. The number of halogens is 1. The highest BCUT2D eigenvalue weighted by atomic mass is 19.1. The number of nitro benzene ring substituents is 1. The zero-order chi connectivity index (χ0) is 25.4. The van der Waals surface area contributed by atoms with Crippen LogP contribution >= 0.6 is 0 Å². The number of non-ortho nitro benzene ring substituents is 1. The number of nitrogens with two attached hydrogens (primary N) is 1. The molecule has 0 aliphatic carbocycles. The molecule has 3 rings (SSSR count). The van der Waals surface area contributed by atoms with Gasteiger partial charge in [-0.2, -0.15) is 0 Å². The van der Waals surface area contributed by atoms with E-state index in [2.05, 4.69) is 32.8 Å². The van der Waals surface area contributed by atoms with Crippen molar-refractivity contribution in [2.24, 2.45) is 10.7 Å². The molecule has 11 nitrogen and oxygen atoms in total. The summed E-state index contributed by atoms with van der Waals surface area (Å²) in [5, 5.41) is 21.9. The fourth-order valence-electron chi connectivity index (χ4n) is 3.24. The van der Waals surface area contributed by atoms with E-state index in [1.165, 1.54) is 31.4 Å². The number of nitrogens with zero attached hydrogens (tertiary/aromatic N) is 2. The predicted octanol–water partition coefficient (Wildman–Crippen LogP) is 2.82. The zero-order valence-electron chi connectivity index (χ0n) is 19.1. The highest BCUT2D eigenvalue weighted by Crippen LogP contribution is 2.29. The number of benzene rings is 2. The van der Waals surface area contributed by atoms with Gasteiger partial charge in [0.05, 0.1) is 23.4 Å². The fourth-order valence-corrected chi connectivity index (χ4v) is 3.24. The largest absolute Gasteiger partial charge is 0.495 e. The molecule has 0 aromatic heterocycles. The second kappa shape index (κ2) is 11.7. The molecule has 0 bridgehead atoms. The van der Waals surface area contributed by atoms with Gasteiger partial charge in [-0.25, -0.2) is 14.2 Å². The number of hydrogen-bond acceptors (Lipinski definition) is 8. The van der Waals surface area contributed by atoms with E-state index in [1.54, 1.807) is 18.3 Å². The molecule has 0 saturated heterocycles. The molecule has 2 aromatic carbocycles. The Labute approximate surface area is 201 Å². The summed E-state index contributed by atoms with van der Waals surface area (Å²) >= 11 is 0. The second-order valence-electron chi connectivity index (χ2n) is 7.46. The average molecular weight is 484 g/mol. The molecule has 0 unspecified atom stereocenters. The molecule has 0 radical (unpaired) electrons. The van der Waals surface area contributed by atoms with Crippen LogP contribution in [0.5, 0.6) is 5.75 Å². The van der Waals surface area contributed by atoms with Crippen LogP contribution in [-0.2, 0) is 6.54 Å². The Kier molecular flexibility index (Phi) is 8.48. The number of nitrogens with one attached hydrogen (secondary N) is 4. The topological polar surface area (TPSA) is 156 Å². The number of anilines is 1.